The lowest BCUT2D eigenvalue weighted by Gasteiger charge is -2.30. The van der Waals surface area contributed by atoms with Crippen molar-refractivity contribution in [3.63, 3.8) is 0 Å². The Morgan fingerprint density at radius 3 is 2.67 bits per heavy atom. The van der Waals surface area contributed by atoms with E-state index >= 15 is 0 Å². The van der Waals surface area contributed by atoms with Gasteiger partial charge < -0.3 is 4.74 Å². The lowest BCUT2D eigenvalue weighted by atomic mass is 9.95. The summed E-state index contributed by atoms with van der Waals surface area (Å²) in [5, 5.41) is 0.643. The lowest BCUT2D eigenvalue weighted by Crippen LogP contribution is -2.25. The Bertz CT molecular complexity index is 325. The highest BCUT2D eigenvalue weighted by Gasteiger charge is 2.24. The first-order valence-corrected chi connectivity index (χ1v) is 6.39. The van der Waals surface area contributed by atoms with E-state index < -0.39 is 0 Å². The van der Waals surface area contributed by atoms with Crippen LogP contribution in [0.4, 0.5) is 4.39 Å². The Morgan fingerprint density at radius 1 is 1.40 bits per heavy atom. The Hall–Kier alpha value is -0.410. The molecular formula is C12H14BrFO. The second kappa shape index (κ2) is 5.08. The quantitative estimate of drug-likeness (QED) is 0.757. The summed E-state index contributed by atoms with van der Waals surface area (Å²) in [6, 6.07) is 6.82. The fraction of sp³-hybridized carbons (Fsp3) is 0.500. The minimum absolute atomic E-state index is 0.156. The fourth-order valence-electron chi connectivity index (χ4n) is 1.67. The summed E-state index contributed by atoms with van der Waals surface area (Å²) in [7, 11) is 0. The van der Waals surface area contributed by atoms with Gasteiger partial charge in [-0.1, -0.05) is 34.1 Å². The van der Waals surface area contributed by atoms with E-state index in [9.17, 15) is 4.39 Å². The van der Waals surface area contributed by atoms with Crippen molar-refractivity contribution >= 4 is 15.9 Å². The van der Waals surface area contributed by atoms with Gasteiger partial charge in [0.1, 0.15) is 5.82 Å². The van der Waals surface area contributed by atoms with Gasteiger partial charge >= 0.3 is 0 Å². The van der Waals surface area contributed by atoms with Crippen LogP contribution in [-0.2, 0) is 4.74 Å². The second-order valence-electron chi connectivity index (χ2n) is 3.85. The topological polar surface area (TPSA) is 9.23 Å². The molecule has 1 atom stereocenters. The summed E-state index contributed by atoms with van der Waals surface area (Å²) in [5.41, 5.74) is 0.654. The largest absolute Gasteiger partial charge is 0.369 e. The highest BCUT2D eigenvalue weighted by molar-refractivity contribution is 9.09. The molecule has 82 valence electrons. The van der Waals surface area contributed by atoms with E-state index in [1.165, 1.54) is 12.5 Å². The van der Waals surface area contributed by atoms with E-state index in [0.29, 0.717) is 17.0 Å². The number of hydrogen-bond donors (Lipinski definition) is 0. The molecule has 0 aromatic heterocycles. The molecule has 1 aromatic carbocycles. The minimum Gasteiger partial charge on any atom is -0.369 e. The molecule has 1 unspecified atom stereocenters. The van der Waals surface area contributed by atoms with Crippen molar-refractivity contribution in [2.45, 2.75) is 31.5 Å². The van der Waals surface area contributed by atoms with Gasteiger partial charge in [0.15, 0.2) is 0 Å². The van der Waals surface area contributed by atoms with E-state index in [-0.39, 0.29) is 11.9 Å². The van der Waals surface area contributed by atoms with Gasteiger partial charge in [0.25, 0.3) is 0 Å². The van der Waals surface area contributed by atoms with Crippen LogP contribution < -0.4 is 0 Å². The van der Waals surface area contributed by atoms with Gasteiger partial charge in [0.05, 0.1) is 12.2 Å². The monoisotopic (exact) mass is 272 g/mol. The SMILES string of the molecule is Fc1ccccc1C(CBr)OC1CCC1. The number of halogens is 2. The van der Waals surface area contributed by atoms with Crippen LogP contribution in [0.5, 0.6) is 0 Å². The van der Waals surface area contributed by atoms with Crippen molar-refractivity contribution in [2.75, 3.05) is 5.33 Å². The van der Waals surface area contributed by atoms with Gasteiger partial charge in [-0.25, -0.2) is 4.39 Å². The smallest absolute Gasteiger partial charge is 0.129 e. The highest BCUT2D eigenvalue weighted by atomic mass is 79.9. The predicted molar refractivity (Wildman–Crippen MR) is 61.7 cm³/mol. The normalized spacial score (nSPS) is 18.5. The summed E-state index contributed by atoms with van der Waals surface area (Å²) in [5.74, 6) is -0.179. The molecule has 3 heteroatoms. The van der Waals surface area contributed by atoms with Crippen LogP contribution in [0.15, 0.2) is 24.3 Å². The molecule has 1 aromatic rings. The minimum atomic E-state index is -0.179. The van der Waals surface area contributed by atoms with Crippen molar-refractivity contribution in [3.8, 4) is 0 Å². The molecule has 1 fully saturated rings. The van der Waals surface area contributed by atoms with Crippen LogP contribution in [0.25, 0.3) is 0 Å². The molecule has 0 N–H and O–H groups in total. The summed E-state index contributed by atoms with van der Waals surface area (Å²) in [6.45, 7) is 0. The van der Waals surface area contributed by atoms with Crippen LogP contribution in [0.2, 0.25) is 0 Å². The maximum absolute atomic E-state index is 13.5. The molecule has 15 heavy (non-hydrogen) atoms. The Kier molecular flexibility index (Phi) is 3.76. The lowest BCUT2D eigenvalue weighted by molar-refractivity contribution is -0.0431. The number of rotatable bonds is 4. The molecule has 0 heterocycles. The maximum atomic E-state index is 13.5. The van der Waals surface area contributed by atoms with Gasteiger partial charge in [0, 0.05) is 10.9 Å². The summed E-state index contributed by atoms with van der Waals surface area (Å²) < 4.78 is 19.3. The number of ether oxygens (including phenoxy) is 1. The van der Waals surface area contributed by atoms with Gasteiger partial charge in [-0.2, -0.15) is 0 Å². The van der Waals surface area contributed by atoms with Gasteiger partial charge in [-0.05, 0) is 25.3 Å². The Balaban J connectivity index is 2.07. The summed E-state index contributed by atoms with van der Waals surface area (Å²) >= 11 is 3.38. The van der Waals surface area contributed by atoms with E-state index in [4.69, 9.17) is 4.74 Å². The number of alkyl halides is 1. The zero-order chi connectivity index (χ0) is 10.7. The average molecular weight is 273 g/mol. The zero-order valence-corrected chi connectivity index (χ0v) is 10.0. The third-order valence-electron chi connectivity index (χ3n) is 2.80. The molecule has 1 aliphatic carbocycles. The van der Waals surface area contributed by atoms with Crippen LogP contribution in [-0.4, -0.2) is 11.4 Å². The van der Waals surface area contributed by atoms with Crippen LogP contribution in [0, 0.1) is 5.82 Å². The van der Waals surface area contributed by atoms with Crippen LogP contribution >= 0.6 is 15.9 Å². The summed E-state index contributed by atoms with van der Waals surface area (Å²) in [4.78, 5) is 0. The van der Waals surface area contributed by atoms with Crippen molar-refractivity contribution < 1.29 is 9.13 Å². The van der Waals surface area contributed by atoms with Crippen molar-refractivity contribution in [1.82, 2.24) is 0 Å². The van der Waals surface area contributed by atoms with E-state index in [2.05, 4.69) is 15.9 Å². The van der Waals surface area contributed by atoms with Gasteiger partial charge in [0.2, 0.25) is 0 Å². The van der Waals surface area contributed by atoms with Crippen molar-refractivity contribution in [2.24, 2.45) is 0 Å². The zero-order valence-electron chi connectivity index (χ0n) is 8.46. The molecule has 0 radical (unpaired) electrons. The van der Waals surface area contributed by atoms with Crippen molar-refractivity contribution in [3.05, 3.63) is 35.6 Å². The molecule has 0 saturated heterocycles. The highest BCUT2D eigenvalue weighted by Crippen LogP contribution is 2.30. The molecule has 0 bridgehead atoms. The van der Waals surface area contributed by atoms with E-state index in [1.807, 2.05) is 6.07 Å². The molecular weight excluding hydrogens is 259 g/mol. The third kappa shape index (κ3) is 2.58. The molecule has 1 aliphatic rings. The van der Waals surface area contributed by atoms with Gasteiger partial charge in [-0.3, -0.25) is 0 Å². The Morgan fingerprint density at radius 2 is 2.13 bits per heavy atom. The number of hydrogen-bond acceptors (Lipinski definition) is 1. The standard InChI is InChI=1S/C12H14BrFO/c13-8-12(15-9-4-3-5-9)10-6-1-2-7-11(10)14/h1-2,6-7,9,12H,3-5,8H2. The molecule has 1 nitrogen and oxygen atoms in total. The first kappa shape index (κ1) is 11.1. The van der Waals surface area contributed by atoms with E-state index in [1.54, 1.807) is 12.1 Å². The first-order chi connectivity index (χ1) is 7.31. The van der Waals surface area contributed by atoms with Crippen LogP contribution in [0.3, 0.4) is 0 Å². The van der Waals surface area contributed by atoms with Crippen molar-refractivity contribution in [1.29, 1.82) is 0 Å². The molecule has 0 aliphatic heterocycles. The molecule has 0 amide bonds. The molecule has 1 saturated carbocycles. The first-order valence-electron chi connectivity index (χ1n) is 5.27. The molecule has 2 rings (SSSR count). The Labute approximate surface area is 97.8 Å². The third-order valence-corrected chi connectivity index (χ3v) is 3.39. The number of benzene rings is 1. The second-order valence-corrected chi connectivity index (χ2v) is 4.50. The fourth-order valence-corrected chi connectivity index (χ4v) is 2.17. The molecule has 0 spiro atoms. The van der Waals surface area contributed by atoms with Crippen LogP contribution in [0.1, 0.15) is 30.9 Å². The summed E-state index contributed by atoms with van der Waals surface area (Å²) in [6.07, 6.45) is 3.62. The maximum Gasteiger partial charge on any atom is 0.129 e. The van der Waals surface area contributed by atoms with E-state index in [0.717, 1.165) is 12.8 Å². The predicted octanol–water partition coefficient (Wildman–Crippen LogP) is 3.83. The van der Waals surface area contributed by atoms with Gasteiger partial charge in [-0.15, -0.1) is 0 Å². The average Bonchev–Trinajstić information content (AvgIpc) is 2.19.